The van der Waals surface area contributed by atoms with Crippen molar-refractivity contribution in [3.63, 3.8) is 0 Å². The van der Waals surface area contributed by atoms with Gasteiger partial charge in [-0.3, -0.25) is 4.79 Å². The Morgan fingerprint density at radius 2 is 1.90 bits per heavy atom. The van der Waals surface area contributed by atoms with Crippen molar-refractivity contribution in [2.75, 3.05) is 27.0 Å². The Morgan fingerprint density at radius 3 is 2.60 bits per heavy atom. The van der Waals surface area contributed by atoms with Crippen molar-refractivity contribution in [1.82, 2.24) is 10.3 Å². The van der Waals surface area contributed by atoms with Crippen molar-refractivity contribution >= 4 is 34.5 Å². The lowest BCUT2D eigenvalue weighted by Crippen LogP contribution is -3.09. The molecule has 0 spiro atoms. The molecule has 1 heterocycles. The Hall–Kier alpha value is -2.77. The second-order valence-corrected chi connectivity index (χ2v) is 8.25. The number of fused-ring (bicyclic) bond motifs is 1. The molecule has 30 heavy (non-hydrogen) atoms. The van der Waals surface area contributed by atoms with Gasteiger partial charge >= 0.3 is 5.97 Å². The van der Waals surface area contributed by atoms with Crippen molar-refractivity contribution in [2.45, 2.75) is 23.9 Å². The molecule has 2 atom stereocenters. The quantitative estimate of drug-likeness (QED) is 0.360. The summed E-state index contributed by atoms with van der Waals surface area (Å²) in [5.74, 6) is -0.623. The number of para-hydroxylation sites is 1. The van der Waals surface area contributed by atoms with Gasteiger partial charge in [-0.05, 0) is 30.0 Å². The highest BCUT2D eigenvalue weighted by molar-refractivity contribution is 7.98. The first-order valence-electron chi connectivity index (χ1n) is 9.86. The van der Waals surface area contributed by atoms with E-state index in [-0.39, 0.29) is 12.5 Å². The van der Waals surface area contributed by atoms with Crippen LogP contribution < -0.4 is 10.2 Å². The van der Waals surface area contributed by atoms with E-state index in [1.807, 2.05) is 43.8 Å². The van der Waals surface area contributed by atoms with Gasteiger partial charge in [0.1, 0.15) is 12.6 Å². The number of rotatable bonds is 9. The third-order valence-corrected chi connectivity index (χ3v) is 5.79. The van der Waals surface area contributed by atoms with Crippen LogP contribution in [0.1, 0.15) is 11.1 Å². The number of hydrogen-bond donors (Lipinski definition) is 3. The van der Waals surface area contributed by atoms with E-state index in [2.05, 4.69) is 34.6 Å². The van der Waals surface area contributed by atoms with Crippen LogP contribution in [-0.2, 0) is 27.3 Å². The fraction of sp³-hybridized carbons (Fsp3) is 0.304. The van der Waals surface area contributed by atoms with Crippen LogP contribution in [0, 0.1) is 0 Å². The summed E-state index contributed by atoms with van der Waals surface area (Å²) in [6, 6.07) is 15.5. The third kappa shape index (κ3) is 5.64. The number of aromatic nitrogens is 1. The van der Waals surface area contributed by atoms with Gasteiger partial charge in [0.15, 0.2) is 6.54 Å². The highest BCUT2D eigenvalue weighted by atomic mass is 32.2. The first-order chi connectivity index (χ1) is 14.5. The molecule has 0 fully saturated rings. The van der Waals surface area contributed by atoms with Crippen LogP contribution >= 0.6 is 11.8 Å². The van der Waals surface area contributed by atoms with Gasteiger partial charge in [0.25, 0.3) is 5.91 Å². The lowest BCUT2D eigenvalue weighted by atomic mass is 10.0. The molecule has 2 aromatic carbocycles. The Balaban J connectivity index is 1.61. The molecule has 1 unspecified atom stereocenters. The Labute approximate surface area is 181 Å². The zero-order valence-electron chi connectivity index (χ0n) is 17.5. The topological polar surface area (TPSA) is 75.6 Å². The van der Waals surface area contributed by atoms with E-state index in [9.17, 15) is 9.59 Å². The van der Waals surface area contributed by atoms with Crippen molar-refractivity contribution in [3.05, 3.63) is 65.9 Å². The number of methoxy groups -OCH3 is 1. The Kier molecular flexibility index (Phi) is 7.54. The largest absolute Gasteiger partial charge is 0.467 e. The van der Waals surface area contributed by atoms with Gasteiger partial charge in [0.05, 0.1) is 14.2 Å². The van der Waals surface area contributed by atoms with Crippen molar-refractivity contribution in [2.24, 2.45) is 0 Å². The smallest absolute Gasteiger partial charge is 0.328 e. The fourth-order valence-corrected chi connectivity index (χ4v) is 3.94. The maximum Gasteiger partial charge on any atom is 0.328 e. The molecule has 0 bridgehead atoms. The van der Waals surface area contributed by atoms with Crippen molar-refractivity contribution in [3.8, 4) is 0 Å². The lowest BCUT2D eigenvalue weighted by molar-refractivity contribution is -0.885. The molecule has 0 aliphatic heterocycles. The average Bonchev–Trinajstić information content (AvgIpc) is 3.16. The second kappa shape index (κ2) is 10.3. The summed E-state index contributed by atoms with van der Waals surface area (Å²) in [5.41, 5.74) is 3.14. The predicted octanol–water partition coefficient (Wildman–Crippen LogP) is 1.81. The number of quaternary nitrogens is 1. The van der Waals surface area contributed by atoms with Crippen LogP contribution in [0.15, 0.2) is 59.6 Å². The van der Waals surface area contributed by atoms with Crippen LogP contribution in [0.25, 0.3) is 10.9 Å². The molecule has 1 aromatic heterocycles. The molecule has 0 aliphatic rings. The molecule has 0 aliphatic carbocycles. The first kappa shape index (κ1) is 21.9. The monoisotopic (exact) mass is 426 g/mol. The zero-order valence-corrected chi connectivity index (χ0v) is 18.3. The van der Waals surface area contributed by atoms with E-state index >= 15 is 0 Å². The zero-order chi connectivity index (χ0) is 21.5. The molecule has 3 N–H and O–H groups in total. The molecular formula is C23H28N3O3S+. The number of carbonyl (C=O) groups excluding carboxylic acids is 2. The number of amides is 1. The molecule has 0 saturated carbocycles. The Morgan fingerprint density at radius 1 is 1.17 bits per heavy atom. The average molecular weight is 427 g/mol. The third-order valence-electron chi connectivity index (χ3n) is 5.05. The second-order valence-electron chi connectivity index (χ2n) is 7.37. The van der Waals surface area contributed by atoms with Gasteiger partial charge in [-0.25, -0.2) is 4.79 Å². The molecule has 1 amide bonds. The van der Waals surface area contributed by atoms with Gasteiger partial charge in [-0.2, -0.15) is 0 Å². The van der Waals surface area contributed by atoms with E-state index in [0.29, 0.717) is 6.42 Å². The summed E-state index contributed by atoms with van der Waals surface area (Å²) in [6.45, 7) is 0.999. The highest BCUT2D eigenvalue weighted by Gasteiger charge is 2.24. The number of H-pyrrole nitrogens is 1. The molecule has 7 heteroatoms. The maximum atomic E-state index is 12.6. The summed E-state index contributed by atoms with van der Waals surface area (Å²) in [4.78, 5) is 30.4. The van der Waals surface area contributed by atoms with Gasteiger partial charge in [-0.15, -0.1) is 11.8 Å². The van der Waals surface area contributed by atoms with Crippen molar-refractivity contribution in [1.29, 1.82) is 0 Å². The standard InChI is InChI=1S/C23H27N3O3S/c1-26(14-16-8-10-18(30-3)11-9-16)15-22(27)25-21(23(28)29-2)12-17-13-24-20-7-5-4-6-19(17)20/h4-11,13,21,24H,12,14-15H2,1-3H3,(H,25,27)/p+1/t21-/m0/s1. The molecule has 0 radical (unpaired) electrons. The molecule has 158 valence electrons. The Bertz CT molecular complexity index is 1000. The van der Waals surface area contributed by atoms with Crippen LogP contribution in [0.5, 0.6) is 0 Å². The summed E-state index contributed by atoms with van der Waals surface area (Å²) < 4.78 is 4.92. The molecular weight excluding hydrogens is 398 g/mol. The normalized spacial score (nSPS) is 13.0. The maximum absolute atomic E-state index is 12.6. The predicted molar refractivity (Wildman–Crippen MR) is 120 cm³/mol. The number of ether oxygens (including phenoxy) is 1. The number of likely N-dealkylation sites (N-methyl/N-ethyl adjacent to an activating group) is 1. The van der Waals surface area contributed by atoms with E-state index in [1.54, 1.807) is 11.8 Å². The lowest BCUT2D eigenvalue weighted by Gasteiger charge is -2.18. The number of esters is 1. The number of thioether (sulfide) groups is 1. The first-order valence-corrected chi connectivity index (χ1v) is 11.1. The minimum Gasteiger partial charge on any atom is -0.467 e. The molecule has 3 aromatic rings. The summed E-state index contributed by atoms with van der Waals surface area (Å²) >= 11 is 1.70. The van der Waals surface area contributed by atoms with E-state index in [4.69, 9.17) is 4.74 Å². The molecule has 0 saturated heterocycles. The van der Waals surface area contributed by atoms with Crippen LogP contribution in [0.4, 0.5) is 0 Å². The summed E-state index contributed by atoms with van der Waals surface area (Å²) in [7, 11) is 3.31. The number of aromatic amines is 1. The van der Waals surface area contributed by atoms with Crippen LogP contribution in [0.2, 0.25) is 0 Å². The number of hydrogen-bond acceptors (Lipinski definition) is 4. The number of nitrogens with one attached hydrogen (secondary N) is 3. The van der Waals surface area contributed by atoms with Gasteiger partial charge in [0.2, 0.25) is 0 Å². The minimum atomic E-state index is -0.727. The van der Waals surface area contributed by atoms with Gasteiger partial charge in [0, 0.05) is 34.0 Å². The summed E-state index contributed by atoms with van der Waals surface area (Å²) in [5, 5.41) is 3.89. The highest BCUT2D eigenvalue weighted by Crippen LogP contribution is 2.19. The number of carbonyl (C=O) groups is 2. The fourth-order valence-electron chi connectivity index (χ4n) is 3.53. The van der Waals surface area contributed by atoms with E-state index < -0.39 is 12.0 Å². The van der Waals surface area contributed by atoms with E-state index in [1.165, 1.54) is 17.6 Å². The number of benzene rings is 2. The van der Waals surface area contributed by atoms with Gasteiger partial charge in [-0.1, -0.05) is 30.3 Å². The van der Waals surface area contributed by atoms with Gasteiger partial charge < -0.3 is 19.9 Å². The van der Waals surface area contributed by atoms with Crippen LogP contribution in [0.3, 0.4) is 0 Å². The minimum absolute atomic E-state index is 0.177. The molecule has 6 nitrogen and oxygen atoms in total. The van der Waals surface area contributed by atoms with E-state index in [0.717, 1.165) is 27.9 Å². The SMILES string of the molecule is COC(=O)[C@H](Cc1c[nH]c2ccccc12)NC(=O)C[NH+](C)Cc1ccc(SC)cc1. The summed E-state index contributed by atoms with van der Waals surface area (Å²) in [6.07, 6.45) is 4.30. The molecule has 3 rings (SSSR count). The van der Waals surface area contributed by atoms with Crippen LogP contribution in [-0.4, -0.2) is 49.9 Å². The van der Waals surface area contributed by atoms with Crippen molar-refractivity contribution < 1.29 is 19.2 Å².